The van der Waals surface area contributed by atoms with Gasteiger partial charge in [0, 0.05) is 11.3 Å². The van der Waals surface area contributed by atoms with E-state index in [2.05, 4.69) is 37.3 Å². The summed E-state index contributed by atoms with van der Waals surface area (Å²) in [6.07, 6.45) is 4.45. The second-order valence-electron chi connectivity index (χ2n) is 8.12. The molecule has 148 valence electrons. The molecular weight excluding hydrogens is 378 g/mol. The monoisotopic (exact) mass is 401 g/mol. The van der Waals surface area contributed by atoms with Crippen molar-refractivity contribution in [3.63, 3.8) is 0 Å². The smallest absolute Gasteiger partial charge is 0.358 e. The number of nitro groups is 1. The van der Waals surface area contributed by atoms with Crippen LogP contribution in [0.4, 0.5) is 10.8 Å². The molecule has 1 N–H and O–H groups in total. The maximum atomic E-state index is 12.3. The van der Waals surface area contributed by atoms with Gasteiger partial charge in [0.05, 0.1) is 29.5 Å². The molecule has 3 rings (SSSR count). The number of anilines is 1. The standard InChI is InChI=1S/C19H23N5O3S/c1-19(2,3)12-4-5-13-14(11-20)18(28-15(13)10-12)21-17(25)7-9-23-8-6-16(22-23)24(26)27/h6,8,12H,4-5,7,9-10H2,1-3H3,(H,21,25). The summed E-state index contributed by atoms with van der Waals surface area (Å²) in [6, 6.07) is 3.55. The van der Waals surface area contributed by atoms with Crippen LogP contribution >= 0.6 is 11.3 Å². The van der Waals surface area contributed by atoms with Gasteiger partial charge < -0.3 is 15.4 Å². The Labute approximate surface area is 167 Å². The third-order valence-corrected chi connectivity index (χ3v) is 6.41. The predicted octanol–water partition coefficient (Wildman–Crippen LogP) is 3.90. The molecule has 2 heterocycles. The van der Waals surface area contributed by atoms with Crippen molar-refractivity contribution in [3.05, 3.63) is 38.4 Å². The van der Waals surface area contributed by atoms with Crippen LogP contribution < -0.4 is 5.32 Å². The van der Waals surface area contributed by atoms with Gasteiger partial charge in [-0.25, -0.2) is 0 Å². The number of hydrogen-bond donors (Lipinski definition) is 1. The van der Waals surface area contributed by atoms with Crippen LogP contribution in [0.15, 0.2) is 12.3 Å². The van der Waals surface area contributed by atoms with Gasteiger partial charge in [0.2, 0.25) is 5.91 Å². The molecular formula is C19H23N5O3S. The van der Waals surface area contributed by atoms with Crippen LogP contribution in [0.5, 0.6) is 0 Å². The average Bonchev–Trinajstić information content (AvgIpc) is 3.22. The van der Waals surface area contributed by atoms with Gasteiger partial charge in [0.1, 0.15) is 11.1 Å². The van der Waals surface area contributed by atoms with E-state index in [4.69, 9.17) is 0 Å². The summed E-state index contributed by atoms with van der Waals surface area (Å²) in [7, 11) is 0. The maximum Gasteiger partial charge on any atom is 0.389 e. The fourth-order valence-corrected chi connectivity index (χ4v) is 4.80. The summed E-state index contributed by atoms with van der Waals surface area (Å²) in [4.78, 5) is 23.6. The molecule has 0 spiro atoms. The molecule has 0 saturated heterocycles. The Balaban J connectivity index is 1.67. The lowest BCUT2D eigenvalue weighted by atomic mass is 9.72. The molecule has 8 nitrogen and oxygen atoms in total. The summed E-state index contributed by atoms with van der Waals surface area (Å²) in [5.74, 6) is 0.0801. The minimum atomic E-state index is -0.573. The summed E-state index contributed by atoms with van der Waals surface area (Å²) < 4.78 is 1.37. The average molecular weight is 401 g/mol. The number of amides is 1. The van der Waals surface area contributed by atoms with Crippen molar-refractivity contribution in [2.24, 2.45) is 11.3 Å². The summed E-state index contributed by atoms with van der Waals surface area (Å²) >= 11 is 1.50. The molecule has 0 radical (unpaired) electrons. The largest absolute Gasteiger partial charge is 0.389 e. The van der Waals surface area contributed by atoms with Crippen molar-refractivity contribution < 1.29 is 9.72 Å². The molecule has 0 aliphatic heterocycles. The van der Waals surface area contributed by atoms with E-state index in [1.807, 2.05) is 0 Å². The first-order chi connectivity index (χ1) is 13.2. The van der Waals surface area contributed by atoms with Crippen molar-refractivity contribution in [1.82, 2.24) is 9.78 Å². The molecule has 1 aliphatic carbocycles. The lowest BCUT2D eigenvalue weighted by Crippen LogP contribution is -2.26. The van der Waals surface area contributed by atoms with Crippen LogP contribution in [0, 0.1) is 32.8 Å². The van der Waals surface area contributed by atoms with E-state index in [0.717, 1.165) is 24.8 Å². The Kier molecular flexibility index (Phi) is 5.52. The van der Waals surface area contributed by atoms with Crippen molar-refractivity contribution in [1.29, 1.82) is 5.26 Å². The summed E-state index contributed by atoms with van der Waals surface area (Å²) in [6.45, 7) is 6.95. The Morgan fingerprint density at radius 1 is 1.54 bits per heavy atom. The first-order valence-corrected chi connectivity index (χ1v) is 10.0. The molecule has 1 amide bonds. The van der Waals surface area contributed by atoms with Crippen LogP contribution in [0.2, 0.25) is 0 Å². The molecule has 1 aliphatic rings. The topological polar surface area (TPSA) is 114 Å². The zero-order chi connectivity index (χ0) is 20.5. The number of carbonyl (C=O) groups is 1. The van der Waals surface area contributed by atoms with Gasteiger partial charge in [0.25, 0.3) is 0 Å². The summed E-state index contributed by atoms with van der Waals surface area (Å²) in [5, 5.41) is 27.5. The van der Waals surface area contributed by atoms with E-state index < -0.39 is 4.92 Å². The number of nitrogens with zero attached hydrogens (tertiary/aromatic N) is 4. The number of aromatic nitrogens is 2. The Morgan fingerprint density at radius 2 is 2.29 bits per heavy atom. The Bertz CT molecular complexity index is 948. The first kappa shape index (κ1) is 20.0. The van der Waals surface area contributed by atoms with E-state index in [-0.39, 0.29) is 30.1 Å². The fraction of sp³-hybridized carbons (Fsp3) is 0.526. The molecule has 1 unspecified atom stereocenters. The van der Waals surface area contributed by atoms with Crippen LogP contribution in [0.3, 0.4) is 0 Å². The van der Waals surface area contributed by atoms with E-state index in [1.165, 1.54) is 33.2 Å². The molecule has 0 saturated carbocycles. The molecule has 2 aromatic rings. The van der Waals surface area contributed by atoms with Gasteiger partial charge in [-0.05, 0) is 41.1 Å². The normalized spacial score (nSPS) is 16.3. The predicted molar refractivity (Wildman–Crippen MR) is 106 cm³/mol. The number of rotatable bonds is 5. The zero-order valence-corrected chi connectivity index (χ0v) is 17.0. The highest BCUT2D eigenvalue weighted by molar-refractivity contribution is 7.16. The highest BCUT2D eigenvalue weighted by Crippen LogP contribution is 2.43. The van der Waals surface area contributed by atoms with Crippen LogP contribution in [0.1, 0.15) is 49.6 Å². The van der Waals surface area contributed by atoms with Crippen molar-refractivity contribution in [2.45, 2.75) is 53.0 Å². The second kappa shape index (κ2) is 7.72. The molecule has 0 bridgehead atoms. The first-order valence-electron chi connectivity index (χ1n) is 9.21. The molecule has 28 heavy (non-hydrogen) atoms. The second-order valence-corrected chi connectivity index (χ2v) is 9.22. The van der Waals surface area contributed by atoms with Crippen molar-refractivity contribution in [2.75, 3.05) is 5.32 Å². The van der Waals surface area contributed by atoms with E-state index in [1.54, 1.807) is 0 Å². The SMILES string of the molecule is CC(C)(C)C1CCc2c(sc(NC(=O)CCn3ccc([N+](=O)[O-])n3)c2C#N)C1. The van der Waals surface area contributed by atoms with Gasteiger partial charge >= 0.3 is 5.82 Å². The van der Waals surface area contributed by atoms with Crippen LogP contribution in [0.25, 0.3) is 0 Å². The molecule has 9 heteroatoms. The fourth-order valence-electron chi connectivity index (χ4n) is 3.51. The Morgan fingerprint density at radius 3 is 2.89 bits per heavy atom. The molecule has 1 atom stereocenters. The van der Waals surface area contributed by atoms with Crippen LogP contribution in [-0.2, 0) is 24.2 Å². The van der Waals surface area contributed by atoms with Crippen molar-refractivity contribution >= 4 is 28.1 Å². The number of fused-ring (bicyclic) bond motifs is 1. The highest BCUT2D eigenvalue weighted by atomic mass is 32.1. The molecule has 0 fully saturated rings. The van der Waals surface area contributed by atoms with Crippen LogP contribution in [-0.4, -0.2) is 20.6 Å². The van der Waals surface area contributed by atoms with Gasteiger partial charge in [-0.3, -0.25) is 4.79 Å². The van der Waals surface area contributed by atoms with Crippen molar-refractivity contribution in [3.8, 4) is 6.07 Å². The van der Waals surface area contributed by atoms with E-state index >= 15 is 0 Å². The van der Waals surface area contributed by atoms with Gasteiger partial charge in [-0.15, -0.1) is 11.3 Å². The Hall–Kier alpha value is -2.73. The number of nitrogens with one attached hydrogen (secondary N) is 1. The maximum absolute atomic E-state index is 12.3. The third-order valence-electron chi connectivity index (χ3n) is 5.24. The molecule has 0 aromatic carbocycles. The summed E-state index contributed by atoms with van der Waals surface area (Å²) in [5.41, 5.74) is 1.87. The quantitative estimate of drug-likeness (QED) is 0.603. The lowest BCUT2D eigenvalue weighted by Gasteiger charge is -2.33. The number of nitriles is 1. The van der Waals surface area contributed by atoms with Gasteiger partial charge in [-0.2, -0.15) is 9.94 Å². The minimum Gasteiger partial charge on any atom is -0.358 e. The number of hydrogen-bond acceptors (Lipinski definition) is 6. The zero-order valence-electron chi connectivity index (χ0n) is 16.2. The molecule has 2 aromatic heterocycles. The highest BCUT2D eigenvalue weighted by Gasteiger charge is 2.32. The number of carbonyl (C=O) groups excluding carboxylic acids is 1. The third kappa shape index (κ3) is 4.22. The van der Waals surface area contributed by atoms with Gasteiger partial charge in [0.15, 0.2) is 0 Å². The van der Waals surface area contributed by atoms with E-state index in [0.29, 0.717) is 16.5 Å². The number of aryl methyl sites for hydroxylation is 1. The number of thiophene rings is 1. The minimum absolute atomic E-state index is 0.122. The van der Waals surface area contributed by atoms with Gasteiger partial charge in [-0.1, -0.05) is 20.8 Å². The van der Waals surface area contributed by atoms with E-state index in [9.17, 15) is 20.2 Å². The lowest BCUT2D eigenvalue weighted by molar-refractivity contribution is -0.389.